The second kappa shape index (κ2) is 7.58. The van der Waals surface area contributed by atoms with Crippen LogP contribution in [0.25, 0.3) is 5.69 Å². The largest absolute Gasteiger partial charge is 0.316 e. The fourth-order valence-electron chi connectivity index (χ4n) is 2.97. The Labute approximate surface area is 158 Å². The van der Waals surface area contributed by atoms with Gasteiger partial charge in [-0.05, 0) is 50.6 Å². The molecule has 4 nitrogen and oxygen atoms in total. The SMILES string of the molecule is Cc1ccccc1C(=O)N/N=C\c1cc(C)n(-c2ccccc2Cl)c1C. The summed E-state index contributed by atoms with van der Waals surface area (Å²) < 4.78 is 2.08. The van der Waals surface area contributed by atoms with E-state index in [1.165, 1.54) is 0 Å². The van der Waals surface area contributed by atoms with Crippen LogP contribution in [0.4, 0.5) is 0 Å². The van der Waals surface area contributed by atoms with E-state index in [1.807, 2.05) is 69.3 Å². The molecule has 3 rings (SSSR count). The summed E-state index contributed by atoms with van der Waals surface area (Å²) in [5.41, 5.74) is 8.02. The van der Waals surface area contributed by atoms with Crippen molar-refractivity contribution in [1.29, 1.82) is 0 Å². The number of benzene rings is 2. The van der Waals surface area contributed by atoms with Gasteiger partial charge in [0, 0.05) is 22.5 Å². The molecule has 0 bridgehead atoms. The van der Waals surface area contributed by atoms with Gasteiger partial charge in [-0.15, -0.1) is 0 Å². The van der Waals surface area contributed by atoms with Crippen LogP contribution in [-0.2, 0) is 0 Å². The van der Waals surface area contributed by atoms with Crippen LogP contribution in [-0.4, -0.2) is 16.7 Å². The summed E-state index contributed by atoms with van der Waals surface area (Å²) in [5, 5.41) is 4.81. The molecule has 0 spiro atoms. The normalized spacial score (nSPS) is 11.1. The lowest BCUT2D eigenvalue weighted by molar-refractivity contribution is 0.0954. The summed E-state index contributed by atoms with van der Waals surface area (Å²) in [5.74, 6) is -0.223. The van der Waals surface area contributed by atoms with Crippen molar-refractivity contribution in [2.45, 2.75) is 20.8 Å². The molecule has 0 radical (unpaired) electrons. The molecule has 0 aliphatic heterocycles. The summed E-state index contributed by atoms with van der Waals surface area (Å²) in [6, 6.07) is 17.1. The quantitative estimate of drug-likeness (QED) is 0.523. The number of nitrogens with zero attached hydrogens (tertiary/aromatic N) is 2. The maximum absolute atomic E-state index is 12.2. The molecule has 5 heteroatoms. The van der Waals surface area contributed by atoms with Crippen molar-refractivity contribution in [3.8, 4) is 5.69 Å². The zero-order valence-corrected chi connectivity index (χ0v) is 15.7. The smallest absolute Gasteiger partial charge is 0.271 e. The van der Waals surface area contributed by atoms with Crippen molar-refractivity contribution >= 4 is 23.7 Å². The zero-order valence-electron chi connectivity index (χ0n) is 15.0. The molecule has 0 unspecified atom stereocenters. The van der Waals surface area contributed by atoms with E-state index in [2.05, 4.69) is 15.1 Å². The van der Waals surface area contributed by atoms with Crippen molar-refractivity contribution in [3.63, 3.8) is 0 Å². The molecule has 1 N–H and O–H groups in total. The average Bonchev–Trinajstić information content (AvgIpc) is 2.90. The summed E-state index contributed by atoms with van der Waals surface area (Å²) in [4.78, 5) is 12.2. The summed E-state index contributed by atoms with van der Waals surface area (Å²) in [6.45, 7) is 5.91. The van der Waals surface area contributed by atoms with Gasteiger partial charge in [-0.2, -0.15) is 5.10 Å². The second-order valence-electron chi connectivity index (χ2n) is 6.13. The van der Waals surface area contributed by atoms with E-state index in [0.717, 1.165) is 28.2 Å². The monoisotopic (exact) mass is 365 g/mol. The highest BCUT2D eigenvalue weighted by molar-refractivity contribution is 6.32. The maximum atomic E-state index is 12.2. The van der Waals surface area contributed by atoms with Gasteiger partial charge in [0.05, 0.1) is 16.9 Å². The molecule has 0 fully saturated rings. The Kier molecular flexibility index (Phi) is 5.24. The highest BCUT2D eigenvalue weighted by atomic mass is 35.5. The number of amides is 1. The molecule has 1 amide bonds. The fraction of sp³-hybridized carbons (Fsp3) is 0.143. The number of nitrogens with one attached hydrogen (secondary N) is 1. The molecule has 0 atom stereocenters. The second-order valence-corrected chi connectivity index (χ2v) is 6.53. The summed E-state index contributed by atoms with van der Waals surface area (Å²) in [6.07, 6.45) is 1.66. The molecule has 0 aliphatic carbocycles. The van der Waals surface area contributed by atoms with E-state index >= 15 is 0 Å². The van der Waals surface area contributed by atoms with Gasteiger partial charge < -0.3 is 4.57 Å². The van der Waals surface area contributed by atoms with E-state index in [4.69, 9.17) is 11.6 Å². The van der Waals surface area contributed by atoms with Gasteiger partial charge in [0.2, 0.25) is 0 Å². The predicted molar refractivity (Wildman–Crippen MR) is 106 cm³/mol. The number of halogens is 1. The van der Waals surface area contributed by atoms with E-state index < -0.39 is 0 Å². The minimum atomic E-state index is -0.223. The number of hydrogen-bond acceptors (Lipinski definition) is 2. The molecule has 0 aliphatic rings. The topological polar surface area (TPSA) is 46.4 Å². The number of aryl methyl sites for hydroxylation is 2. The minimum absolute atomic E-state index is 0.223. The first kappa shape index (κ1) is 18.0. The van der Waals surface area contributed by atoms with Gasteiger partial charge in [0.25, 0.3) is 5.91 Å². The van der Waals surface area contributed by atoms with Crippen molar-refractivity contribution in [2.24, 2.45) is 5.10 Å². The third kappa shape index (κ3) is 3.55. The lowest BCUT2D eigenvalue weighted by Gasteiger charge is -2.11. The molecule has 2 aromatic carbocycles. The highest BCUT2D eigenvalue weighted by Crippen LogP contribution is 2.25. The number of carbonyl (C=O) groups excluding carboxylic acids is 1. The maximum Gasteiger partial charge on any atom is 0.271 e. The third-order valence-electron chi connectivity index (χ3n) is 4.32. The van der Waals surface area contributed by atoms with Crippen molar-refractivity contribution in [3.05, 3.63) is 87.7 Å². The van der Waals surface area contributed by atoms with Crippen LogP contribution in [0.15, 0.2) is 59.7 Å². The standard InChI is InChI=1S/C21H20ClN3O/c1-14-8-4-5-9-18(14)21(26)24-23-13-17-12-15(2)25(16(17)3)20-11-7-6-10-19(20)22/h4-13H,1-3H3,(H,24,26)/b23-13-. The Morgan fingerprint density at radius 3 is 2.50 bits per heavy atom. The Bertz CT molecular complexity index is 989. The average molecular weight is 366 g/mol. The highest BCUT2D eigenvalue weighted by Gasteiger charge is 2.12. The van der Waals surface area contributed by atoms with Crippen molar-refractivity contribution < 1.29 is 4.79 Å². The molecule has 132 valence electrons. The number of rotatable bonds is 4. The van der Waals surface area contributed by atoms with E-state index in [-0.39, 0.29) is 5.91 Å². The van der Waals surface area contributed by atoms with E-state index in [1.54, 1.807) is 12.3 Å². The first-order valence-corrected chi connectivity index (χ1v) is 8.69. The van der Waals surface area contributed by atoms with Gasteiger partial charge in [-0.3, -0.25) is 4.79 Å². The lowest BCUT2D eigenvalue weighted by atomic mass is 10.1. The van der Waals surface area contributed by atoms with Gasteiger partial charge in [-0.1, -0.05) is 41.9 Å². The van der Waals surface area contributed by atoms with Crippen molar-refractivity contribution in [2.75, 3.05) is 0 Å². The number of aromatic nitrogens is 1. The first-order chi connectivity index (χ1) is 12.5. The third-order valence-corrected chi connectivity index (χ3v) is 4.64. The lowest BCUT2D eigenvalue weighted by Crippen LogP contribution is -2.18. The molecule has 1 aromatic heterocycles. The van der Waals surface area contributed by atoms with Crippen LogP contribution in [0.2, 0.25) is 5.02 Å². The molecule has 0 saturated heterocycles. The summed E-state index contributed by atoms with van der Waals surface area (Å²) >= 11 is 6.33. The predicted octanol–water partition coefficient (Wildman–Crippen LogP) is 4.82. The molecule has 0 saturated carbocycles. The van der Waals surface area contributed by atoms with Gasteiger partial charge in [0.15, 0.2) is 0 Å². The summed E-state index contributed by atoms with van der Waals surface area (Å²) in [7, 11) is 0. The van der Waals surface area contributed by atoms with Crippen LogP contribution in [0.1, 0.15) is 32.9 Å². The van der Waals surface area contributed by atoms with Gasteiger partial charge in [-0.25, -0.2) is 5.43 Å². The Morgan fingerprint density at radius 2 is 1.77 bits per heavy atom. The van der Waals surface area contributed by atoms with Crippen LogP contribution in [0.5, 0.6) is 0 Å². The molecule has 3 aromatic rings. The molecule has 1 heterocycles. The van der Waals surface area contributed by atoms with Gasteiger partial charge in [0.1, 0.15) is 0 Å². The number of hydrogen-bond donors (Lipinski definition) is 1. The molecular weight excluding hydrogens is 346 g/mol. The van der Waals surface area contributed by atoms with Crippen LogP contribution in [0.3, 0.4) is 0 Å². The zero-order chi connectivity index (χ0) is 18.7. The number of carbonyl (C=O) groups is 1. The molecular formula is C21H20ClN3O. The number of para-hydroxylation sites is 1. The van der Waals surface area contributed by atoms with Crippen molar-refractivity contribution in [1.82, 2.24) is 9.99 Å². The molecule has 26 heavy (non-hydrogen) atoms. The minimum Gasteiger partial charge on any atom is -0.316 e. The van der Waals surface area contributed by atoms with Crippen LogP contribution >= 0.6 is 11.6 Å². The Balaban J connectivity index is 1.82. The fourth-order valence-corrected chi connectivity index (χ4v) is 3.19. The van der Waals surface area contributed by atoms with E-state index in [9.17, 15) is 4.79 Å². The first-order valence-electron chi connectivity index (χ1n) is 8.32. The number of hydrazone groups is 1. The Morgan fingerprint density at radius 1 is 1.08 bits per heavy atom. The Hall–Kier alpha value is -2.85. The van der Waals surface area contributed by atoms with Crippen LogP contribution < -0.4 is 5.43 Å². The van der Waals surface area contributed by atoms with Gasteiger partial charge >= 0.3 is 0 Å². The van der Waals surface area contributed by atoms with E-state index in [0.29, 0.717) is 10.6 Å². The van der Waals surface area contributed by atoms with Crippen LogP contribution in [0, 0.1) is 20.8 Å².